The first-order valence-electron chi connectivity index (χ1n) is 8.83. The summed E-state index contributed by atoms with van der Waals surface area (Å²) >= 11 is 13.0. The molecule has 158 valence electrons. The van der Waals surface area contributed by atoms with E-state index in [1.165, 1.54) is 10.4 Å². The van der Waals surface area contributed by atoms with Crippen LogP contribution in [-0.2, 0) is 26.1 Å². The lowest BCUT2D eigenvalue weighted by molar-refractivity contribution is -0.127. The topological polar surface area (TPSA) is 84.9 Å². The zero-order valence-corrected chi connectivity index (χ0v) is 18.7. The van der Waals surface area contributed by atoms with Crippen LogP contribution >= 0.6 is 34.5 Å². The van der Waals surface area contributed by atoms with E-state index in [4.69, 9.17) is 32.7 Å². The molecule has 1 aromatic heterocycles. The molecule has 1 aromatic carbocycles. The average molecular weight is 479 g/mol. The van der Waals surface area contributed by atoms with Crippen LogP contribution in [0.1, 0.15) is 11.8 Å². The molecule has 0 spiro atoms. The number of morpholine rings is 1. The molecule has 7 nitrogen and oxygen atoms in total. The van der Waals surface area contributed by atoms with Gasteiger partial charge in [0.2, 0.25) is 0 Å². The second-order valence-corrected chi connectivity index (χ2v) is 10.5. The maximum absolute atomic E-state index is 12.7. The minimum absolute atomic E-state index is 0.199. The molecule has 3 rings (SSSR count). The monoisotopic (exact) mass is 478 g/mol. The van der Waals surface area contributed by atoms with E-state index in [0.717, 1.165) is 16.2 Å². The highest BCUT2D eigenvalue weighted by atomic mass is 35.5. The summed E-state index contributed by atoms with van der Waals surface area (Å²) in [6.07, 6.45) is -0.787. The van der Waals surface area contributed by atoms with E-state index in [2.05, 4.69) is 5.32 Å². The van der Waals surface area contributed by atoms with Crippen molar-refractivity contribution in [1.29, 1.82) is 0 Å². The van der Waals surface area contributed by atoms with E-state index in [-0.39, 0.29) is 16.7 Å². The van der Waals surface area contributed by atoms with E-state index in [0.29, 0.717) is 42.1 Å². The van der Waals surface area contributed by atoms with Crippen molar-refractivity contribution in [3.63, 3.8) is 0 Å². The number of amides is 1. The first-order chi connectivity index (χ1) is 13.8. The number of ether oxygens (including phenoxy) is 2. The van der Waals surface area contributed by atoms with E-state index in [1.54, 1.807) is 31.2 Å². The van der Waals surface area contributed by atoms with Crippen molar-refractivity contribution in [2.45, 2.75) is 23.8 Å². The predicted octanol–water partition coefficient (Wildman–Crippen LogP) is 3.16. The van der Waals surface area contributed by atoms with Crippen LogP contribution < -0.4 is 10.1 Å². The molecule has 1 N–H and O–H groups in total. The number of halogens is 2. The van der Waals surface area contributed by atoms with Crippen molar-refractivity contribution in [2.75, 3.05) is 26.3 Å². The van der Waals surface area contributed by atoms with E-state index in [1.807, 2.05) is 0 Å². The lowest BCUT2D eigenvalue weighted by Crippen LogP contribution is -2.40. The molecule has 1 fully saturated rings. The number of thiophene rings is 1. The Morgan fingerprint density at radius 2 is 2.00 bits per heavy atom. The zero-order valence-electron chi connectivity index (χ0n) is 15.6. The summed E-state index contributed by atoms with van der Waals surface area (Å²) in [5.41, 5.74) is 0. The quantitative estimate of drug-likeness (QED) is 0.660. The van der Waals surface area contributed by atoms with E-state index in [9.17, 15) is 13.2 Å². The van der Waals surface area contributed by atoms with Crippen molar-refractivity contribution in [3.8, 4) is 5.75 Å². The number of hydrogen-bond donors (Lipinski definition) is 1. The van der Waals surface area contributed by atoms with Crippen molar-refractivity contribution >= 4 is 50.5 Å². The van der Waals surface area contributed by atoms with Gasteiger partial charge in [-0.25, -0.2) is 8.42 Å². The number of carbonyl (C=O) groups excluding carboxylic acids is 1. The molecule has 2 aromatic rings. The van der Waals surface area contributed by atoms with Gasteiger partial charge >= 0.3 is 0 Å². The first-order valence-corrected chi connectivity index (χ1v) is 11.8. The second kappa shape index (κ2) is 9.63. The Hall–Kier alpha value is -1.36. The SMILES string of the molecule is C[C@H](Oc1ccc(Cl)cc1Cl)C(=O)NCc1ccc(S(=O)(=O)N2CCOCC2)s1. The number of rotatable bonds is 7. The predicted molar refractivity (Wildman–Crippen MR) is 112 cm³/mol. The Morgan fingerprint density at radius 1 is 1.28 bits per heavy atom. The van der Waals surface area contributed by atoms with Gasteiger partial charge in [-0.05, 0) is 37.3 Å². The first kappa shape index (κ1) is 22.3. The molecule has 1 atom stereocenters. The van der Waals surface area contributed by atoms with Crippen molar-refractivity contribution in [1.82, 2.24) is 9.62 Å². The van der Waals surface area contributed by atoms with Crippen LogP contribution in [0.4, 0.5) is 0 Å². The van der Waals surface area contributed by atoms with Gasteiger partial charge in [-0.15, -0.1) is 11.3 Å². The van der Waals surface area contributed by atoms with Crippen molar-refractivity contribution in [3.05, 3.63) is 45.3 Å². The number of benzene rings is 1. The molecule has 1 saturated heterocycles. The molecule has 0 bridgehead atoms. The molecule has 0 unspecified atom stereocenters. The average Bonchev–Trinajstić information content (AvgIpc) is 3.19. The summed E-state index contributed by atoms with van der Waals surface area (Å²) in [4.78, 5) is 13.0. The minimum atomic E-state index is -3.54. The number of nitrogens with one attached hydrogen (secondary N) is 1. The van der Waals surface area contributed by atoms with Crippen molar-refractivity contribution in [2.24, 2.45) is 0 Å². The third kappa shape index (κ3) is 5.62. The normalized spacial score (nSPS) is 16.4. The fourth-order valence-electron chi connectivity index (χ4n) is 2.64. The molecule has 1 amide bonds. The number of sulfonamides is 1. The summed E-state index contributed by atoms with van der Waals surface area (Å²) < 4.78 is 37.8. The fourth-order valence-corrected chi connectivity index (χ4v) is 5.95. The van der Waals surface area contributed by atoms with Crippen LogP contribution in [-0.4, -0.2) is 51.0 Å². The zero-order chi connectivity index (χ0) is 21.0. The summed E-state index contributed by atoms with van der Waals surface area (Å²) in [6, 6.07) is 8.00. The minimum Gasteiger partial charge on any atom is -0.479 e. The van der Waals surface area contributed by atoms with Gasteiger partial charge < -0.3 is 14.8 Å². The van der Waals surface area contributed by atoms with Gasteiger partial charge in [0.05, 0.1) is 24.8 Å². The second-order valence-electron chi connectivity index (χ2n) is 6.29. The smallest absolute Gasteiger partial charge is 0.261 e. The summed E-state index contributed by atoms with van der Waals surface area (Å²) in [5.74, 6) is 0.00994. The van der Waals surface area contributed by atoms with E-state index < -0.39 is 16.1 Å². The van der Waals surface area contributed by atoms with Crippen LogP contribution in [0.2, 0.25) is 10.0 Å². The largest absolute Gasteiger partial charge is 0.479 e. The Morgan fingerprint density at radius 3 is 2.69 bits per heavy atom. The third-order valence-corrected chi connectivity index (χ3v) is 8.19. The Kier molecular flexibility index (Phi) is 7.42. The highest BCUT2D eigenvalue weighted by molar-refractivity contribution is 7.91. The maximum Gasteiger partial charge on any atom is 0.261 e. The van der Waals surface area contributed by atoms with Crippen LogP contribution in [0, 0.1) is 0 Å². The molecule has 0 aliphatic carbocycles. The van der Waals surface area contributed by atoms with Crippen molar-refractivity contribution < 1.29 is 22.7 Å². The molecule has 2 heterocycles. The standard InChI is InChI=1S/C18H20Cl2N2O5S2/c1-12(27-16-4-2-13(19)10-15(16)20)18(23)21-11-14-3-5-17(28-14)29(24,25)22-6-8-26-9-7-22/h2-5,10,12H,6-9,11H2,1H3,(H,21,23)/t12-/m0/s1. The Balaban J connectivity index is 1.56. The van der Waals surface area contributed by atoms with Gasteiger partial charge in [0, 0.05) is 23.0 Å². The van der Waals surface area contributed by atoms with Crippen LogP contribution in [0.5, 0.6) is 5.75 Å². The lowest BCUT2D eigenvalue weighted by atomic mass is 10.3. The summed E-state index contributed by atoms with van der Waals surface area (Å²) in [7, 11) is -3.54. The molecule has 29 heavy (non-hydrogen) atoms. The summed E-state index contributed by atoms with van der Waals surface area (Å²) in [5, 5.41) is 3.53. The third-order valence-electron chi connectivity index (χ3n) is 4.20. The molecule has 11 heteroatoms. The summed E-state index contributed by atoms with van der Waals surface area (Å²) in [6.45, 7) is 3.27. The highest BCUT2D eigenvalue weighted by Gasteiger charge is 2.27. The highest BCUT2D eigenvalue weighted by Crippen LogP contribution is 2.28. The Bertz CT molecular complexity index is 974. The van der Waals surface area contributed by atoms with Gasteiger partial charge in [0.15, 0.2) is 6.10 Å². The van der Waals surface area contributed by atoms with E-state index >= 15 is 0 Å². The van der Waals surface area contributed by atoms with Gasteiger partial charge in [0.25, 0.3) is 15.9 Å². The molecule has 0 radical (unpaired) electrons. The van der Waals surface area contributed by atoms with Gasteiger partial charge in [-0.3, -0.25) is 4.79 Å². The molecular formula is C18H20Cl2N2O5S2. The lowest BCUT2D eigenvalue weighted by Gasteiger charge is -2.25. The van der Waals surface area contributed by atoms with Gasteiger partial charge in [-0.2, -0.15) is 4.31 Å². The fraction of sp³-hybridized carbons (Fsp3) is 0.389. The number of hydrogen-bond acceptors (Lipinski definition) is 6. The van der Waals surface area contributed by atoms with Crippen LogP contribution in [0.15, 0.2) is 34.5 Å². The van der Waals surface area contributed by atoms with Crippen LogP contribution in [0.25, 0.3) is 0 Å². The maximum atomic E-state index is 12.7. The van der Waals surface area contributed by atoms with Gasteiger partial charge in [0.1, 0.15) is 9.96 Å². The Labute approximate surface area is 183 Å². The number of nitrogens with zero attached hydrogens (tertiary/aromatic N) is 1. The van der Waals surface area contributed by atoms with Gasteiger partial charge in [-0.1, -0.05) is 23.2 Å². The molecule has 1 aliphatic heterocycles. The number of carbonyl (C=O) groups is 1. The molecule has 0 saturated carbocycles. The molecular weight excluding hydrogens is 459 g/mol. The van der Waals surface area contributed by atoms with Crippen LogP contribution in [0.3, 0.4) is 0 Å². The molecule has 1 aliphatic rings.